The van der Waals surface area contributed by atoms with E-state index in [1.54, 1.807) is 4.52 Å². The van der Waals surface area contributed by atoms with Crippen LogP contribution in [-0.4, -0.2) is 44.6 Å². The molecule has 3 heterocycles. The molecule has 1 aliphatic heterocycles. The van der Waals surface area contributed by atoms with Crippen molar-refractivity contribution in [2.24, 2.45) is 0 Å². The molecule has 0 aromatic carbocycles. The Bertz CT molecular complexity index is 644. The van der Waals surface area contributed by atoms with Gasteiger partial charge >= 0.3 is 0 Å². The zero-order chi connectivity index (χ0) is 14.1. The van der Waals surface area contributed by atoms with E-state index in [1.165, 1.54) is 0 Å². The fourth-order valence-corrected chi connectivity index (χ4v) is 2.48. The van der Waals surface area contributed by atoms with Gasteiger partial charge < -0.3 is 10.6 Å². The lowest BCUT2D eigenvalue weighted by atomic mass is 10.1. The molecule has 0 unspecified atom stereocenters. The van der Waals surface area contributed by atoms with Crippen LogP contribution in [0.2, 0.25) is 0 Å². The Hall–Kier alpha value is -2.02. The molecule has 0 saturated carbocycles. The molecule has 1 amide bonds. The van der Waals surface area contributed by atoms with Crippen molar-refractivity contribution in [3.05, 3.63) is 23.3 Å². The molecule has 2 aromatic rings. The van der Waals surface area contributed by atoms with E-state index < -0.39 is 0 Å². The number of aryl methyl sites for hydroxylation is 2. The van der Waals surface area contributed by atoms with Crippen molar-refractivity contribution in [3.63, 3.8) is 0 Å². The molecule has 7 nitrogen and oxygen atoms in total. The SMILES string of the molecule is Cc1cc(C)n2nc(C(=O)NC3CCNCC3)nc2n1. The fourth-order valence-electron chi connectivity index (χ4n) is 2.48. The molecule has 1 aliphatic rings. The topological polar surface area (TPSA) is 84.2 Å². The van der Waals surface area contributed by atoms with Crippen molar-refractivity contribution in [2.45, 2.75) is 32.7 Å². The monoisotopic (exact) mass is 274 g/mol. The quantitative estimate of drug-likeness (QED) is 0.818. The predicted octanol–water partition coefficient (Wildman–Crippen LogP) is 0.223. The summed E-state index contributed by atoms with van der Waals surface area (Å²) in [6.07, 6.45) is 1.88. The number of nitrogens with zero attached hydrogens (tertiary/aromatic N) is 4. The molecule has 1 fully saturated rings. The summed E-state index contributed by atoms with van der Waals surface area (Å²) in [7, 11) is 0. The summed E-state index contributed by atoms with van der Waals surface area (Å²) in [5, 5.41) is 10.5. The first-order valence-corrected chi connectivity index (χ1v) is 6.86. The van der Waals surface area contributed by atoms with Gasteiger partial charge in [-0.1, -0.05) is 0 Å². The average Bonchev–Trinajstić information content (AvgIpc) is 2.84. The second-order valence-electron chi connectivity index (χ2n) is 5.18. The van der Waals surface area contributed by atoms with Crippen molar-refractivity contribution in [3.8, 4) is 0 Å². The van der Waals surface area contributed by atoms with Gasteiger partial charge in [0.05, 0.1) is 0 Å². The van der Waals surface area contributed by atoms with Crippen LogP contribution in [0.3, 0.4) is 0 Å². The molecule has 2 aromatic heterocycles. The van der Waals surface area contributed by atoms with Crippen molar-refractivity contribution in [2.75, 3.05) is 13.1 Å². The maximum atomic E-state index is 12.2. The van der Waals surface area contributed by atoms with Gasteiger partial charge in [0.2, 0.25) is 5.82 Å². The van der Waals surface area contributed by atoms with Crippen LogP contribution in [0, 0.1) is 13.8 Å². The lowest BCUT2D eigenvalue weighted by Gasteiger charge is -2.22. The first kappa shape index (κ1) is 13.0. The minimum atomic E-state index is -0.223. The standard InChI is InChI=1S/C13H18N6O/c1-8-7-9(2)19-13(15-8)17-11(18-19)12(20)16-10-3-5-14-6-4-10/h7,10,14H,3-6H2,1-2H3,(H,16,20). The lowest BCUT2D eigenvalue weighted by molar-refractivity contribution is 0.0919. The summed E-state index contributed by atoms with van der Waals surface area (Å²) in [6, 6.07) is 2.11. The zero-order valence-electron chi connectivity index (χ0n) is 11.7. The summed E-state index contributed by atoms with van der Waals surface area (Å²) >= 11 is 0. The number of hydrogen-bond donors (Lipinski definition) is 2. The second-order valence-corrected chi connectivity index (χ2v) is 5.18. The Morgan fingerprint density at radius 1 is 1.35 bits per heavy atom. The molecule has 0 atom stereocenters. The van der Waals surface area contributed by atoms with Gasteiger partial charge in [-0.25, -0.2) is 9.50 Å². The van der Waals surface area contributed by atoms with Gasteiger partial charge in [-0.2, -0.15) is 4.98 Å². The van der Waals surface area contributed by atoms with Crippen LogP contribution in [0.1, 0.15) is 34.8 Å². The molecule has 3 rings (SSSR count). The maximum absolute atomic E-state index is 12.2. The van der Waals surface area contributed by atoms with Crippen LogP contribution in [0.25, 0.3) is 5.78 Å². The van der Waals surface area contributed by atoms with Crippen LogP contribution >= 0.6 is 0 Å². The highest BCUT2D eigenvalue weighted by Crippen LogP contribution is 2.07. The largest absolute Gasteiger partial charge is 0.346 e. The number of fused-ring (bicyclic) bond motifs is 1. The van der Waals surface area contributed by atoms with Gasteiger partial charge in [-0.3, -0.25) is 4.79 Å². The van der Waals surface area contributed by atoms with Crippen molar-refractivity contribution in [1.82, 2.24) is 30.2 Å². The number of amides is 1. The highest BCUT2D eigenvalue weighted by Gasteiger charge is 2.20. The van der Waals surface area contributed by atoms with Crippen LogP contribution in [0.5, 0.6) is 0 Å². The highest BCUT2D eigenvalue weighted by molar-refractivity contribution is 5.91. The normalized spacial score (nSPS) is 16.5. The van der Waals surface area contributed by atoms with Crippen LogP contribution in [0.4, 0.5) is 0 Å². The predicted molar refractivity (Wildman–Crippen MR) is 73.6 cm³/mol. The van der Waals surface area contributed by atoms with E-state index in [0.29, 0.717) is 5.78 Å². The van der Waals surface area contributed by atoms with Crippen LogP contribution in [-0.2, 0) is 0 Å². The molecule has 0 radical (unpaired) electrons. The van der Waals surface area contributed by atoms with Gasteiger partial charge in [0.25, 0.3) is 11.7 Å². The van der Waals surface area contributed by atoms with E-state index in [2.05, 4.69) is 25.7 Å². The van der Waals surface area contributed by atoms with Crippen LogP contribution < -0.4 is 10.6 Å². The molecule has 7 heteroatoms. The number of piperidine rings is 1. The van der Waals surface area contributed by atoms with E-state index in [1.807, 2.05) is 19.9 Å². The number of aromatic nitrogens is 4. The van der Waals surface area contributed by atoms with E-state index >= 15 is 0 Å². The molecule has 0 spiro atoms. The molecule has 106 valence electrons. The minimum absolute atomic E-state index is 0.185. The Morgan fingerprint density at radius 3 is 2.85 bits per heavy atom. The Kier molecular flexibility index (Phi) is 3.35. The third-order valence-corrected chi connectivity index (χ3v) is 3.50. The maximum Gasteiger partial charge on any atom is 0.291 e. The third kappa shape index (κ3) is 2.49. The first-order valence-electron chi connectivity index (χ1n) is 6.86. The summed E-state index contributed by atoms with van der Waals surface area (Å²) in [5.74, 6) is 0.433. The average molecular weight is 274 g/mol. The number of hydrogen-bond acceptors (Lipinski definition) is 5. The second kappa shape index (κ2) is 5.16. The van der Waals surface area contributed by atoms with E-state index in [4.69, 9.17) is 0 Å². The molecule has 0 aliphatic carbocycles. The number of carbonyl (C=O) groups is 1. The molecule has 2 N–H and O–H groups in total. The van der Waals surface area contributed by atoms with Crippen molar-refractivity contribution < 1.29 is 4.79 Å². The smallest absolute Gasteiger partial charge is 0.291 e. The van der Waals surface area contributed by atoms with Gasteiger partial charge in [0.1, 0.15) is 0 Å². The highest BCUT2D eigenvalue weighted by atomic mass is 16.2. The lowest BCUT2D eigenvalue weighted by Crippen LogP contribution is -2.43. The number of rotatable bonds is 2. The van der Waals surface area contributed by atoms with Gasteiger partial charge in [0.15, 0.2) is 0 Å². The summed E-state index contributed by atoms with van der Waals surface area (Å²) in [4.78, 5) is 20.7. The first-order chi connectivity index (χ1) is 9.63. The third-order valence-electron chi connectivity index (χ3n) is 3.50. The molecule has 0 bridgehead atoms. The Labute approximate surface area is 116 Å². The summed E-state index contributed by atoms with van der Waals surface area (Å²) in [5.41, 5.74) is 1.79. The molecular formula is C13H18N6O. The molecular weight excluding hydrogens is 256 g/mol. The van der Waals surface area contributed by atoms with Gasteiger partial charge in [-0.05, 0) is 45.8 Å². The van der Waals surface area contributed by atoms with Gasteiger partial charge in [0, 0.05) is 17.4 Å². The van der Waals surface area contributed by atoms with E-state index in [9.17, 15) is 4.79 Å². The van der Waals surface area contributed by atoms with Crippen LogP contribution in [0.15, 0.2) is 6.07 Å². The summed E-state index contributed by atoms with van der Waals surface area (Å²) in [6.45, 7) is 5.69. The Morgan fingerprint density at radius 2 is 2.10 bits per heavy atom. The van der Waals surface area contributed by atoms with E-state index in [-0.39, 0.29) is 17.8 Å². The van der Waals surface area contributed by atoms with Crippen molar-refractivity contribution in [1.29, 1.82) is 0 Å². The Balaban J connectivity index is 1.82. The molecule has 20 heavy (non-hydrogen) atoms. The van der Waals surface area contributed by atoms with Gasteiger partial charge in [-0.15, -0.1) is 5.10 Å². The van der Waals surface area contributed by atoms with E-state index in [0.717, 1.165) is 37.3 Å². The number of nitrogens with one attached hydrogen (secondary N) is 2. The number of carbonyl (C=O) groups excluding carboxylic acids is 1. The molecule has 1 saturated heterocycles. The van der Waals surface area contributed by atoms with Crippen molar-refractivity contribution >= 4 is 11.7 Å². The minimum Gasteiger partial charge on any atom is -0.346 e. The zero-order valence-corrected chi connectivity index (χ0v) is 11.7. The fraction of sp³-hybridized carbons (Fsp3) is 0.538. The summed E-state index contributed by atoms with van der Waals surface area (Å²) < 4.78 is 1.60.